The number of nitrogens with zero attached hydrogens (tertiary/aromatic N) is 2. The van der Waals surface area contributed by atoms with Gasteiger partial charge in [-0.15, -0.1) is 0 Å². The van der Waals surface area contributed by atoms with Crippen LogP contribution in [0.1, 0.15) is 31.7 Å². The van der Waals surface area contributed by atoms with Crippen molar-refractivity contribution < 1.29 is 13.5 Å². The van der Waals surface area contributed by atoms with Crippen LogP contribution in [0.2, 0.25) is 0 Å². The topological polar surface area (TPSA) is 78.8 Å². The summed E-state index contributed by atoms with van der Waals surface area (Å²) in [4.78, 5) is 18.6. The van der Waals surface area contributed by atoms with E-state index in [2.05, 4.69) is 9.97 Å². The zero-order chi connectivity index (χ0) is 18.4. The highest BCUT2D eigenvalue weighted by atomic mass is 32.2. The fraction of sp³-hybridized carbons (Fsp3) is 0.353. The molecule has 1 aromatic heterocycles. The van der Waals surface area contributed by atoms with Crippen LogP contribution in [-0.2, 0) is 0 Å². The molecule has 0 aliphatic rings. The standard InChI is InChI=1S/C17H17F2N3O2S/c1-3-4-5-6-24-15-11(7-10(18)8-13(15)19)14-12(9-20)16(23)22-17(21-14)25-2/h7-8H,3-6H2,1-2H3,(H,21,22,23). The summed E-state index contributed by atoms with van der Waals surface area (Å²) in [6.45, 7) is 2.26. The number of aromatic amines is 1. The molecule has 0 spiro atoms. The van der Waals surface area contributed by atoms with Crippen LogP contribution in [0, 0.1) is 23.0 Å². The monoisotopic (exact) mass is 365 g/mol. The number of nitrogens with one attached hydrogen (secondary N) is 1. The van der Waals surface area contributed by atoms with Gasteiger partial charge in [0.05, 0.1) is 6.61 Å². The highest BCUT2D eigenvalue weighted by Gasteiger charge is 2.21. The van der Waals surface area contributed by atoms with E-state index in [0.717, 1.165) is 30.7 Å². The van der Waals surface area contributed by atoms with Crippen LogP contribution in [0.4, 0.5) is 8.78 Å². The second-order valence-corrected chi connectivity index (χ2v) is 6.03. The van der Waals surface area contributed by atoms with Gasteiger partial charge in [0.25, 0.3) is 5.56 Å². The quantitative estimate of drug-likeness (QED) is 0.458. The van der Waals surface area contributed by atoms with Crippen LogP contribution in [0.3, 0.4) is 0 Å². The summed E-state index contributed by atoms with van der Waals surface area (Å²) >= 11 is 1.15. The third kappa shape index (κ3) is 4.37. The lowest BCUT2D eigenvalue weighted by atomic mass is 10.1. The molecule has 0 amide bonds. The molecule has 0 aliphatic carbocycles. The number of nitriles is 1. The molecule has 0 bridgehead atoms. The Morgan fingerprint density at radius 3 is 2.76 bits per heavy atom. The van der Waals surface area contributed by atoms with Crippen LogP contribution in [0.5, 0.6) is 5.75 Å². The SMILES string of the molecule is CCCCCOc1c(F)cc(F)cc1-c1nc(SC)[nH]c(=O)c1C#N. The molecule has 0 fully saturated rings. The molecule has 2 rings (SSSR count). The Hall–Kier alpha value is -2.40. The zero-order valence-corrected chi connectivity index (χ0v) is 14.7. The number of thioether (sulfide) groups is 1. The van der Waals surface area contributed by atoms with Crippen molar-refractivity contribution in [2.75, 3.05) is 12.9 Å². The molecule has 1 heterocycles. The highest BCUT2D eigenvalue weighted by Crippen LogP contribution is 2.34. The molecule has 8 heteroatoms. The molecule has 0 unspecified atom stereocenters. The summed E-state index contributed by atoms with van der Waals surface area (Å²) in [5.41, 5.74) is -1.13. The van der Waals surface area contributed by atoms with Crippen molar-refractivity contribution in [2.45, 2.75) is 31.3 Å². The minimum absolute atomic E-state index is 0.0491. The van der Waals surface area contributed by atoms with Gasteiger partial charge in [-0.1, -0.05) is 31.5 Å². The molecule has 25 heavy (non-hydrogen) atoms. The van der Waals surface area contributed by atoms with E-state index in [0.29, 0.717) is 12.5 Å². The van der Waals surface area contributed by atoms with E-state index in [9.17, 15) is 18.8 Å². The number of ether oxygens (including phenoxy) is 1. The van der Waals surface area contributed by atoms with Gasteiger partial charge in [-0.25, -0.2) is 13.8 Å². The highest BCUT2D eigenvalue weighted by molar-refractivity contribution is 7.98. The van der Waals surface area contributed by atoms with Gasteiger partial charge in [-0.3, -0.25) is 4.79 Å². The second-order valence-electron chi connectivity index (χ2n) is 5.23. The predicted molar refractivity (Wildman–Crippen MR) is 91.7 cm³/mol. The smallest absolute Gasteiger partial charge is 0.270 e. The van der Waals surface area contributed by atoms with Crippen molar-refractivity contribution in [2.24, 2.45) is 0 Å². The van der Waals surface area contributed by atoms with Crippen molar-refractivity contribution >= 4 is 11.8 Å². The maximum absolute atomic E-state index is 14.3. The first-order valence-electron chi connectivity index (χ1n) is 7.72. The lowest BCUT2D eigenvalue weighted by Gasteiger charge is -2.13. The third-order valence-corrected chi connectivity index (χ3v) is 4.04. The largest absolute Gasteiger partial charge is 0.490 e. The molecule has 132 valence electrons. The van der Waals surface area contributed by atoms with E-state index in [1.54, 1.807) is 12.3 Å². The number of H-pyrrole nitrogens is 1. The van der Waals surface area contributed by atoms with Gasteiger partial charge in [-0.2, -0.15) is 5.26 Å². The molecule has 0 saturated heterocycles. The number of benzene rings is 1. The van der Waals surface area contributed by atoms with Crippen LogP contribution >= 0.6 is 11.8 Å². The van der Waals surface area contributed by atoms with Crippen molar-refractivity contribution in [1.29, 1.82) is 5.26 Å². The van der Waals surface area contributed by atoms with Crippen molar-refractivity contribution in [3.8, 4) is 23.1 Å². The fourth-order valence-corrected chi connectivity index (χ4v) is 2.63. The normalized spacial score (nSPS) is 10.5. The summed E-state index contributed by atoms with van der Waals surface area (Å²) in [6, 6.07) is 3.46. The Bertz CT molecular complexity index is 862. The molecule has 5 nitrogen and oxygen atoms in total. The molecule has 2 aromatic rings. The third-order valence-electron chi connectivity index (χ3n) is 3.46. The van der Waals surface area contributed by atoms with Gasteiger partial charge in [0.2, 0.25) is 0 Å². The van der Waals surface area contributed by atoms with E-state index in [1.807, 2.05) is 6.92 Å². The lowest BCUT2D eigenvalue weighted by molar-refractivity contribution is 0.292. The predicted octanol–water partition coefficient (Wildman–Crippen LogP) is 3.88. The van der Waals surface area contributed by atoms with Gasteiger partial charge in [-0.05, 0) is 18.7 Å². The fourth-order valence-electron chi connectivity index (χ4n) is 2.26. The van der Waals surface area contributed by atoms with E-state index >= 15 is 0 Å². The minimum atomic E-state index is -0.900. The Morgan fingerprint density at radius 1 is 1.36 bits per heavy atom. The van der Waals surface area contributed by atoms with Crippen LogP contribution in [0.25, 0.3) is 11.3 Å². The summed E-state index contributed by atoms with van der Waals surface area (Å²) in [5.74, 6) is -1.95. The first kappa shape index (κ1) is 18.9. The Kier molecular flexibility index (Phi) is 6.53. The Balaban J connectivity index is 2.60. The average molecular weight is 365 g/mol. The summed E-state index contributed by atoms with van der Waals surface area (Å²) < 4.78 is 33.5. The van der Waals surface area contributed by atoms with Gasteiger partial charge >= 0.3 is 0 Å². The Labute approximate surface area is 148 Å². The van der Waals surface area contributed by atoms with Gasteiger partial charge in [0, 0.05) is 11.6 Å². The molecule has 1 aromatic carbocycles. The van der Waals surface area contributed by atoms with Crippen molar-refractivity contribution in [3.05, 3.63) is 39.7 Å². The molecule has 1 N–H and O–H groups in total. The molecular formula is C17H17F2N3O2S. The number of hydrogen-bond donors (Lipinski definition) is 1. The number of aromatic nitrogens is 2. The zero-order valence-electron chi connectivity index (χ0n) is 13.9. The number of rotatable bonds is 7. The first-order valence-corrected chi connectivity index (χ1v) is 8.94. The van der Waals surface area contributed by atoms with Crippen LogP contribution in [-0.4, -0.2) is 22.8 Å². The average Bonchev–Trinajstić information content (AvgIpc) is 2.58. The van der Waals surface area contributed by atoms with Crippen LogP contribution < -0.4 is 10.3 Å². The van der Waals surface area contributed by atoms with E-state index in [1.165, 1.54) is 0 Å². The second kappa shape index (κ2) is 8.62. The molecular weight excluding hydrogens is 348 g/mol. The molecule has 0 aliphatic heterocycles. The maximum atomic E-state index is 14.3. The van der Waals surface area contributed by atoms with Crippen molar-refractivity contribution in [1.82, 2.24) is 9.97 Å². The number of hydrogen-bond acceptors (Lipinski definition) is 5. The van der Waals surface area contributed by atoms with E-state index in [-0.39, 0.29) is 34.3 Å². The lowest BCUT2D eigenvalue weighted by Crippen LogP contribution is -2.15. The number of halogens is 2. The summed E-state index contributed by atoms with van der Waals surface area (Å²) in [5, 5.41) is 9.49. The Morgan fingerprint density at radius 2 is 2.12 bits per heavy atom. The first-order chi connectivity index (χ1) is 12.0. The molecule has 0 radical (unpaired) electrons. The number of unbranched alkanes of at least 4 members (excludes halogenated alkanes) is 2. The van der Waals surface area contributed by atoms with Crippen LogP contribution in [0.15, 0.2) is 22.1 Å². The summed E-state index contributed by atoms with van der Waals surface area (Å²) in [6.07, 6.45) is 4.26. The molecule has 0 atom stereocenters. The van der Waals surface area contributed by atoms with Gasteiger partial charge < -0.3 is 9.72 Å². The van der Waals surface area contributed by atoms with Gasteiger partial charge in [0.15, 0.2) is 16.7 Å². The summed E-state index contributed by atoms with van der Waals surface area (Å²) in [7, 11) is 0. The van der Waals surface area contributed by atoms with E-state index in [4.69, 9.17) is 4.74 Å². The maximum Gasteiger partial charge on any atom is 0.270 e. The minimum Gasteiger partial charge on any atom is -0.490 e. The van der Waals surface area contributed by atoms with Gasteiger partial charge in [0.1, 0.15) is 23.1 Å². The van der Waals surface area contributed by atoms with E-state index < -0.39 is 17.2 Å². The molecule has 0 saturated carbocycles. The van der Waals surface area contributed by atoms with Crippen molar-refractivity contribution in [3.63, 3.8) is 0 Å².